The van der Waals surface area contributed by atoms with E-state index in [1.807, 2.05) is 42.5 Å². The molecule has 0 amide bonds. The van der Waals surface area contributed by atoms with E-state index in [0.717, 1.165) is 35.3 Å². The predicted molar refractivity (Wildman–Crippen MR) is 95.9 cm³/mol. The van der Waals surface area contributed by atoms with Gasteiger partial charge in [-0.1, -0.05) is 60.7 Å². The minimum atomic E-state index is -0.322. The Morgan fingerprint density at radius 1 is 0.917 bits per heavy atom. The van der Waals surface area contributed by atoms with Crippen molar-refractivity contribution in [2.75, 3.05) is 0 Å². The maximum atomic E-state index is 10.1. The van der Waals surface area contributed by atoms with E-state index in [0.29, 0.717) is 6.61 Å². The second-order valence-electron chi connectivity index (χ2n) is 6.23. The summed E-state index contributed by atoms with van der Waals surface area (Å²) < 4.78 is 5.95. The van der Waals surface area contributed by atoms with Gasteiger partial charge in [-0.3, -0.25) is 0 Å². The van der Waals surface area contributed by atoms with Crippen LogP contribution in [0.5, 0.6) is 5.75 Å². The first-order chi connectivity index (χ1) is 11.8. The van der Waals surface area contributed by atoms with Crippen molar-refractivity contribution >= 4 is 0 Å². The lowest BCUT2D eigenvalue weighted by atomic mass is 9.96. The highest BCUT2D eigenvalue weighted by Crippen LogP contribution is 2.38. The lowest BCUT2D eigenvalue weighted by molar-refractivity contribution is 0.180. The van der Waals surface area contributed by atoms with Crippen LogP contribution in [0.15, 0.2) is 72.8 Å². The number of ether oxygens (including phenoxy) is 1. The summed E-state index contributed by atoms with van der Waals surface area (Å²) in [4.78, 5) is 0. The molecular weight excluding hydrogens is 296 g/mol. The van der Waals surface area contributed by atoms with Gasteiger partial charge in [0.05, 0.1) is 6.10 Å². The summed E-state index contributed by atoms with van der Waals surface area (Å²) in [5.41, 5.74) is 5.85. The molecule has 0 spiro atoms. The average molecular weight is 316 g/mol. The van der Waals surface area contributed by atoms with E-state index < -0.39 is 0 Å². The summed E-state index contributed by atoms with van der Waals surface area (Å²) in [7, 11) is 0. The zero-order chi connectivity index (χ0) is 16.4. The van der Waals surface area contributed by atoms with Gasteiger partial charge in [-0.2, -0.15) is 0 Å². The van der Waals surface area contributed by atoms with Gasteiger partial charge in [-0.05, 0) is 52.8 Å². The van der Waals surface area contributed by atoms with Crippen molar-refractivity contribution in [2.45, 2.75) is 25.6 Å². The Hall–Kier alpha value is -2.58. The van der Waals surface area contributed by atoms with E-state index in [1.54, 1.807) is 0 Å². The zero-order valence-corrected chi connectivity index (χ0v) is 13.5. The molecule has 0 heterocycles. The fraction of sp³-hybridized carbons (Fsp3) is 0.182. The fourth-order valence-corrected chi connectivity index (χ4v) is 3.40. The van der Waals surface area contributed by atoms with Crippen LogP contribution in [0.25, 0.3) is 11.1 Å². The number of hydrogen-bond acceptors (Lipinski definition) is 2. The Labute approximate surface area is 142 Å². The van der Waals surface area contributed by atoms with E-state index >= 15 is 0 Å². The standard InChI is InChI=1S/C22H20O2/c23-22-13-12-20-19(10-5-11-21(20)22)17-8-4-9-18(14-17)24-15-16-6-2-1-3-7-16/h1-11,14,22-23H,12-13,15H2. The predicted octanol–water partition coefficient (Wildman–Crippen LogP) is 4.91. The van der Waals surface area contributed by atoms with Gasteiger partial charge < -0.3 is 9.84 Å². The molecule has 0 saturated heterocycles. The Morgan fingerprint density at radius 2 is 1.75 bits per heavy atom. The first-order valence-corrected chi connectivity index (χ1v) is 8.38. The topological polar surface area (TPSA) is 29.5 Å². The molecule has 2 heteroatoms. The number of rotatable bonds is 4. The fourth-order valence-electron chi connectivity index (χ4n) is 3.40. The first-order valence-electron chi connectivity index (χ1n) is 8.38. The lowest BCUT2D eigenvalue weighted by Crippen LogP contribution is -1.96. The average Bonchev–Trinajstić information content (AvgIpc) is 3.02. The summed E-state index contributed by atoms with van der Waals surface area (Å²) in [6, 6.07) is 24.6. The summed E-state index contributed by atoms with van der Waals surface area (Å²) in [6.07, 6.45) is 1.43. The minimum absolute atomic E-state index is 0.322. The molecule has 0 fully saturated rings. The zero-order valence-electron chi connectivity index (χ0n) is 13.5. The molecule has 0 bridgehead atoms. The van der Waals surface area contributed by atoms with Crippen molar-refractivity contribution in [1.82, 2.24) is 0 Å². The van der Waals surface area contributed by atoms with E-state index in [1.165, 1.54) is 11.1 Å². The van der Waals surface area contributed by atoms with Crippen LogP contribution in [0.1, 0.15) is 29.2 Å². The van der Waals surface area contributed by atoms with Crippen molar-refractivity contribution in [2.24, 2.45) is 0 Å². The molecule has 3 aromatic rings. The number of hydrogen-bond donors (Lipinski definition) is 1. The van der Waals surface area contributed by atoms with Gasteiger partial charge in [0.25, 0.3) is 0 Å². The monoisotopic (exact) mass is 316 g/mol. The molecule has 2 nitrogen and oxygen atoms in total. The third-order valence-electron chi connectivity index (χ3n) is 4.63. The van der Waals surface area contributed by atoms with Crippen molar-refractivity contribution in [1.29, 1.82) is 0 Å². The van der Waals surface area contributed by atoms with Gasteiger partial charge in [0.15, 0.2) is 0 Å². The highest BCUT2D eigenvalue weighted by atomic mass is 16.5. The third kappa shape index (κ3) is 2.93. The van der Waals surface area contributed by atoms with Crippen LogP contribution in [0.3, 0.4) is 0 Å². The maximum Gasteiger partial charge on any atom is 0.120 e. The van der Waals surface area contributed by atoms with Crippen LogP contribution < -0.4 is 4.74 Å². The normalized spacial score (nSPS) is 16.0. The van der Waals surface area contributed by atoms with Crippen molar-refractivity contribution in [3.05, 3.63) is 89.5 Å². The summed E-state index contributed by atoms with van der Waals surface area (Å²) >= 11 is 0. The van der Waals surface area contributed by atoms with Gasteiger partial charge >= 0.3 is 0 Å². The van der Waals surface area contributed by atoms with Gasteiger partial charge in [-0.25, -0.2) is 0 Å². The SMILES string of the molecule is OC1CCc2c(-c3cccc(OCc4ccccc4)c3)cccc21. The smallest absolute Gasteiger partial charge is 0.120 e. The molecule has 120 valence electrons. The number of aliphatic hydroxyl groups excluding tert-OH is 1. The van der Waals surface area contributed by atoms with Gasteiger partial charge in [0.1, 0.15) is 12.4 Å². The Bertz CT molecular complexity index is 840. The molecule has 0 saturated carbocycles. The number of fused-ring (bicyclic) bond motifs is 1. The van der Waals surface area contributed by atoms with Gasteiger partial charge in [-0.15, -0.1) is 0 Å². The summed E-state index contributed by atoms with van der Waals surface area (Å²) in [5.74, 6) is 0.868. The van der Waals surface area contributed by atoms with E-state index in [2.05, 4.69) is 30.3 Å². The van der Waals surface area contributed by atoms with Crippen LogP contribution in [-0.4, -0.2) is 5.11 Å². The van der Waals surface area contributed by atoms with Crippen LogP contribution in [0.4, 0.5) is 0 Å². The van der Waals surface area contributed by atoms with Crippen LogP contribution in [0.2, 0.25) is 0 Å². The molecule has 0 aromatic heterocycles. The van der Waals surface area contributed by atoms with Crippen molar-refractivity contribution in [3.8, 4) is 16.9 Å². The minimum Gasteiger partial charge on any atom is -0.489 e. The summed E-state index contributed by atoms with van der Waals surface area (Å²) in [6.45, 7) is 0.565. The molecule has 1 aliphatic carbocycles. The molecule has 0 radical (unpaired) electrons. The van der Waals surface area contributed by atoms with Gasteiger partial charge in [0, 0.05) is 0 Å². The molecular formula is C22H20O2. The molecule has 3 aromatic carbocycles. The molecule has 1 N–H and O–H groups in total. The molecule has 24 heavy (non-hydrogen) atoms. The second kappa shape index (κ2) is 6.50. The van der Waals surface area contributed by atoms with Crippen molar-refractivity contribution in [3.63, 3.8) is 0 Å². The van der Waals surface area contributed by atoms with Crippen molar-refractivity contribution < 1.29 is 9.84 Å². The molecule has 1 aliphatic rings. The molecule has 0 aliphatic heterocycles. The molecule has 1 unspecified atom stereocenters. The third-order valence-corrected chi connectivity index (χ3v) is 4.63. The molecule has 1 atom stereocenters. The first kappa shape index (κ1) is 15.0. The van der Waals surface area contributed by atoms with Crippen LogP contribution in [0, 0.1) is 0 Å². The van der Waals surface area contributed by atoms with E-state index in [9.17, 15) is 5.11 Å². The highest BCUT2D eigenvalue weighted by molar-refractivity contribution is 5.71. The quantitative estimate of drug-likeness (QED) is 0.741. The Morgan fingerprint density at radius 3 is 2.62 bits per heavy atom. The highest BCUT2D eigenvalue weighted by Gasteiger charge is 2.22. The lowest BCUT2D eigenvalue weighted by Gasteiger charge is -2.12. The molecule has 4 rings (SSSR count). The van der Waals surface area contributed by atoms with Crippen LogP contribution >= 0.6 is 0 Å². The van der Waals surface area contributed by atoms with E-state index in [-0.39, 0.29) is 6.10 Å². The number of benzene rings is 3. The summed E-state index contributed by atoms with van der Waals surface area (Å²) in [5, 5.41) is 10.1. The Kier molecular flexibility index (Phi) is 4.06. The second-order valence-corrected chi connectivity index (χ2v) is 6.23. The van der Waals surface area contributed by atoms with Crippen LogP contribution in [-0.2, 0) is 13.0 Å². The maximum absolute atomic E-state index is 10.1. The van der Waals surface area contributed by atoms with E-state index in [4.69, 9.17) is 4.74 Å². The largest absolute Gasteiger partial charge is 0.489 e. The van der Waals surface area contributed by atoms with Gasteiger partial charge in [0.2, 0.25) is 0 Å². The Balaban J connectivity index is 1.60. The number of aliphatic hydroxyl groups is 1.